The van der Waals surface area contributed by atoms with E-state index in [4.69, 9.17) is 22.1 Å². The van der Waals surface area contributed by atoms with E-state index in [0.29, 0.717) is 10.9 Å². The average molecular weight is 282 g/mol. The summed E-state index contributed by atoms with van der Waals surface area (Å²) in [6.45, 7) is 2.28. The van der Waals surface area contributed by atoms with Crippen LogP contribution in [0.4, 0.5) is 0 Å². The van der Waals surface area contributed by atoms with Gasteiger partial charge < -0.3 is 10.5 Å². The highest BCUT2D eigenvalue weighted by Gasteiger charge is 2.26. The summed E-state index contributed by atoms with van der Waals surface area (Å²) in [7, 11) is 1.64. The number of nitrogens with two attached hydrogens (primary N) is 1. The number of hydrogen-bond donors (Lipinski definition) is 1. The van der Waals surface area contributed by atoms with Crippen LogP contribution in [0.15, 0.2) is 18.2 Å². The average Bonchev–Trinajstić information content (AvgIpc) is 2.47. The molecule has 0 heterocycles. The first-order chi connectivity index (χ1) is 9.15. The summed E-state index contributed by atoms with van der Waals surface area (Å²) in [5.74, 6) is 2.15. The quantitative estimate of drug-likeness (QED) is 0.878. The predicted octanol–water partition coefficient (Wildman–Crippen LogP) is 4.56. The van der Waals surface area contributed by atoms with Gasteiger partial charge in [-0.1, -0.05) is 43.9 Å². The van der Waals surface area contributed by atoms with Gasteiger partial charge in [0.05, 0.1) is 12.1 Å². The van der Waals surface area contributed by atoms with Crippen molar-refractivity contribution in [2.24, 2.45) is 17.6 Å². The highest BCUT2D eigenvalue weighted by molar-refractivity contribution is 6.32. The molecule has 0 aliphatic heterocycles. The summed E-state index contributed by atoms with van der Waals surface area (Å²) in [4.78, 5) is 0. The molecular weight excluding hydrogens is 258 g/mol. The molecule has 0 amide bonds. The largest absolute Gasteiger partial charge is 0.495 e. The number of ether oxygens (including phenoxy) is 1. The standard InChI is InChI=1S/C16H24ClNO/c1-3-11-5-4-6-12(9-11)16(18)13-7-8-14(17)15(10-13)19-2/h7-8,10-12,16H,3-6,9,18H2,1-2H3. The second-order valence-electron chi connectivity index (χ2n) is 5.62. The zero-order valence-corrected chi connectivity index (χ0v) is 12.6. The molecule has 0 radical (unpaired) electrons. The van der Waals surface area contributed by atoms with Crippen molar-refractivity contribution in [1.82, 2.24) is 0 Å². The Morgan fingerprint density at radius 2 is 2.21 bits per heavy atom. The maximum atomic E-state index is 6.46. The minimum atomic E-state index is 0.0977. The molecular formula is C16H24ClNO. The van der Waals surface area contributed by atoms with Crippen LogP contribution < -0.4 is 10.5 Å². The highest BCUT2D eigenvalue weighted by Crippen LogP contribution is 2.38. The summed E-state index contributed by atoms with van der Waals surface area (Å²) >= 11 is 6.07. The fourth-order valence-corrected chi connectivity index (χ4v) is 3.38. The number of rotatable bonds is 4. The Hall–Kier alpha value is -0.730. The lowest BCUT2D eigenvalue weighted by atomic mass is 9.75. The normalized spacial score (nSPS) is 25.1. The number of halogens is 1. The van der Waals surface area contributed by atoms with Crippen LogP contribution in [0.3, 0.4) is 0 Å². The van der Waals surface area contributed by atoms with Gasteiger partial charge in [0.25, 0.3) is 0 Å². The molecule has 2 rings (SSSR count). The summed E-state index contributed by atoms with van der Waals surface area (Å²) in [6, 6.07) is 6.00. The van der Waals surface area contributed by atoms with Crippen molar-refractivity contribution in [3.63, 3.8) is 0 Å². The van der Waals surface area contributed by atoms with Crippen molar-refractivity contribution in [1.29, 1.82) is 0 Å². The topological polar surface area (TPSA) is 35.2 Å². The first kappa shape index (κ1) is 14.7. The predicted molar refractivity (Wildman–Crippen MR) is 80.7 cm³/mol. The van der Waals surface area contributed by atoms with Gasteiger partial charge in [-0.05, 0) is 42.4 Å². The molecule has 3 unspecified atom stereocenters. The Bertz CT molecular complexity index is 421. The minimum Gasteiger partial charge on any atom is -0.495 e. The van der Waals surface area contributed by atoms with Gasteiger partial charge in [-0.2, -0.15) is 0 Å². The first-order valence-electron chi connectivity index (χ1n) is 7.24. The SMILES string of the molecule is CCC1CCCC(C(N)c2ccc(Cl)c(OC)c2)C1. The van der Waals surface area contributed by atoms with Gasteiger partial charge >= 0.3 is 0 Å². The summed E-state index contributed by atoms with van der Waals surface area (Å²) < 4.78 is 5.28. The van der Waals surface area contributed by atoms with Gasteiger partial charge in [-0.25, -0.2) is 0 Å². The molecule has 3 atom stereocenters. The summed E-state index contributed by atoms with van der Waals surface area (Å²) in [5, 5.41) is 0.647. The Labute approximate surface area is 121 Å². The van der Waals surface area contributed by atoms with Crippen molar-refractivity contribution < 1.29 is 4.74 Å². The van der Waals surface area contributed by atoms with E-state index in [0.717, 1.165) is 17.2 Å². The Kier molecular flexibility index (Phi) is 5.12. The number of benzene rings is 1. The monoisotopic (exact) mass is 281 g/mol. The molecule has 0 aromatic heterocycles. The first-order valence-corrected chi connectivity index (χ1v) is 7.62. The van der Waals surface area contributed by atoms with Gasteiger partial charge in [0.1, 0.15) is 5.75 Å². The molecule has 1 aromatic carbocycles. The second kappa shape index (κ2) is 6.62. The van der Waals surface area contributed by atoms with Gasteiger partial charge in [0.15, 0.2) is 0 Å². The fourth-order valence-electron chi connectivity index (χ4n) is 3.19. The van der Waals surface area contributed by atoms with Gasteiger partial charge in [-0.3, -0.25) is 0 Å². The lowest BCUT2D eigenvalue weighted by molar-refractivity contribution is 0.230. The van der Waals surface area contributed by atoms with E-state index in [1.807, 2.05) is 18.2 Å². The third kappa shape index (κ3) is 3.43. The van der Waals surface area contributed by atoms with E-state index in [1.54, 1.807) is 7.11 Å². The van der Waals surface area contributed by atoms with Crippen molar-refractivity contribution in [3.05, 3.63) is 28.8 Å². The molecule has 106 valence electrons. The Morgan fingerprint density at radius 1 is 1.42 bits per heavy atom. The third-order valence-corrected chi connectivity index (χ3v) is 4.78. The molecule has 19 heavy (non-hydrogen) atoms. The second-order valence-corrected chi connectivity index (χ2v) is 6.03. The molecule has 0 saturated heterocycles. The smallest absolute Gasteiger partial charge is 0.137 e. The van der Waals surface area contributed by atoms with E-state index < -0.39 is 0 Å². The van der Waals surface area contributed by atoms with Gasteiger partial charge in [0, 0.05) is 6.04 Å². The van der Waals surface area contributed by atoms with Crippen molar-refractivity contribution in [2.75, 3.05) is 7.11 Å². The van der Waals surface area contributed by atoms with Crippen LogP contribution in [-0.2, 0) is 0 Å². The fraction of sp³-hybridized carbons (Fsp3) is 0.625. The molecule has 0 bridgehead atoms. The van der Waals surface area contributed by atoms with Crippen molar-refractivity contribution >= 4 is 11.6 Å². The zero-order valence-electron chi connectivity index (χ0n) is 11.9. The molecule has 0 spiro atoms. The Balaban J connectivity index is 2.12. The van der Waals surface area contributed by atoms with E-state index in [-0.39, 0.29) is 6.04 Å². The maximum Gasteiger partial charge on any atom is 0.137 e. The molecule has 1 saturated carbocycles. The van der Waals surface area contributed by atoms with Crippen LogP contribution in [0, 0.1) is 11.8 Å². The lowest BCUT2D eigenvalue weighted by Gasteiger charge is -2.32. The summed E-state index contributed by atoms with van der Waals surface area (Å²) in [5.41, 5.74) is 7.60. The third-order valence-electron chi connectivity index (χ3n) is 4.47. The van der Waals surface area contributed by atoms with Crippen LogP contribution in [0.2, 0.25) is 5.02 Å². The zero-order chi connectivity index (χ0) is 13.8. The number of hydrogen-bond acceptors (Lipinski definition) is 2. The minimum absolute atomic E-state index is 0.0977. The van der Waals surface area contributed by atoms with Crippen molar-refractivity contribution in [2.45, 2.75) is 45.1 Å². The Morgan fingerprint density at radius 3 is 2.89 bits per heavy atom. The van der Waals surface area contributed by atoms with Crippen LogP contribution in [0.5, 0.6) is 5.75 Å². The molecule has 1 aromatic rings. The number of methoxy groups -OCH3 is 1. The maximum absolute atomic E-state index is 6.46. The molecule has 1 aliphatic carbocycles. The van der Waals surface area contributed by atoms with Crippen LogP contribution in [0.1, 0.15) is 50.6 Å². The summed E-state index contributed by atoms with van der Waals surface area (Å²) in [6.07, 6.45) is 6.43. The molecule has 2 N–H and O–H groups in total. The van der Waals surface area contributed by atoms with Gasteiger partial charge in [0.2, 0.25) is 0 Å². The van der Waals surface area contributed by atoms with E-state index in [9.17, 15) is 0 Å². The van der Waals surface area contributed by atoms with E-state index in [1.165, 1.54) is 32.1 Å². The van der Waals surface area contributed by atoms with E-state index in [2.05, 4.69) is 6.92 Å². The van der Waals surface area contributed by atoms with Crippen LogP contribution in [0.25, 0.3) is 0 Å². The van der Waals surface area contributed by atoms with E-state index >= 15 is 0 Å². The molecule has 2 nitrogen and oxygen atoms in total. The van der Waals surface area contributed by atoms with Crippen molar-refractivity contribution in [3.8, 4) is 5.75 Å². The van der Waals surface area contributed by atoms with Crippen LogP contribution in [-0.4, -0.2) is 7.11 Å². The van der Waals surface area contributed by atoms with Gasteiger partial charge in [-0.15, -0.1) is 0 Å². The highest BCUT2D eigenvalue weighted by atomic mass is 35.5. The van der Waals surface area contributed by atoms with Crippen LogP contribution >= 0.6 is 11.6 Å². The molecule has 1 aliphatic rings. The lowest BCUT2D eigenvalue weighted by Crippen LogP contribution is -2.26. The molecule has 3 heteroatoms. The molecule has 1 fully saturated rings.